The molecule has 2 aromatic heterocycles. The van der Waals surface area contributed by atoms with Crippen molar-refractivity contribution in [3.63, 3.8) is 0 Å². The average molecular weight is 355 g/mol. The molecule has 0 spiro atoms. The Hall–Kier alpha value is -2.41. The Bertz CT molecular complexity index is 792. The molecule has 2 fully saturated rings. The molecule has 0 saturated carbocycles. The Balaban J connectivity index is 1.41. The van der Waals surface area contributed by atoms with Gasteiger partial charge in [-0.2, -0.15) is 4.98 Å². The van der Waals surface area contributed by atoms with Gasteiger partial charge >= 0.3 is 0 Å². The van der Waals surface area contributed by atoms with E-state index in [0.29, 0.717) is 5.92 Å². The number of pyridine rings is 1. The van der Waals surface area contributed by atoms with Gasteiger partial charge in [0.1, 0.15) is 5.82 Å². The number of nitrogens with one attached hydrogen (secondary N) is 1. The first kappa shape index (κ1) is 17.0. The molecule has 26 heavy (non-hydrogen) atoms. The van der Waals surface area contributed by atoms with Gasteiger partial charge in [0.15, 0.2) is 0 Å². The van der Waals surface area contributed by atoms with Crippen molar-refractivity contribution in [2.24, 2.45) is 0 Å². The molecule has 0 amide bonds. The molecule has 0 aliphatic carbocycles. The summed E-state index contributed by atoms with van der Waals surface area (Å²) in [6, 6.07) is 5.66. The maximum atomic E-state index is 11.5. The first-order valence-corrected chi connectivity index (χ1v) is 9.39. The normalized spacial score (nSPS) is 19.7. The first-order chi connectivity index (χ1) is 12.7. The van der Waals surface area contributed by atoms with E-state index in [-0.39, 0.29) is 11.7 Å². The maximum Gasteiger partial charge on any atom is 0.248 e. The number of anilines is 2. The molecule has 2 N–H and O–H groups in total. The van der Waals surface area contributed by atoms with E-state index in [1.54, 1.807) is 12.3 Å². The van der Waals surface area contributed by atoms with Crippen LogP contribution in [0, 0.1) is 0 Å². The summed E-state index contributed by atoms with van der Waals surface area (Å²) in [7, 11) is 0. The molecule has 0 bridgehead atoms. The third-order valence-electron chi connectivity index (χ3n) is 5.46. The summed E-state index contributed by atoms with van der Waals surface area (Å²) < 4.78 is 0. The van der Waals surface area contributed by atoms with Gasteiger partial charge in [-0.1, -0.05) is 0 Å². The van der Waals surface area contributed by atoms with Gasteiger partial charge in [0, 0.05) is 44.6 Å². The van der Waals surface area contributed by atoms with Crippen LogP contribution in [0.15, 0.2) is 35.4 Å². The van der Waals surface area contributed by atoms with E-state index in [2.05, 4.69) is 19.8 Å². The average Bonchev–Trinajstić information content (AvgIpc) is 2.69. The third-order valence-corrected chi connectivity index (χ3v) is 5.46. The van der Waals surface area contributed by atoms with Crippen LogP contribution >= 0.6 is 0 Å². The molecule has 2 aliphatic heterocycles. The molecule has 138 valence electrons. The van der Waals surface area contributed by atoms with Crippen LogP contribution in [-0.4, -0.2) is 52.3 Å². The Kier molecular flexibility index (Phi) is 4.88. The maximum absolute atomic E-state index is 11.5. The van der Waals surface area contributed by atoms with E-state index in [1.165, 1.54) is 0 Å². The van der Waals surface area contributed by atoms with Crippen LogP contribution in [0.2, 0.25) is 0 Å². The molecule has 4 heterocycles. The fourth-order valence-corrected chi connectivity index (χ4v) is 3.89. The largest absolute Gasteiger partial charge is 0.393 e. The lowest BCUT2D eigenvalue weighted by molar-refractivity contribution is 0.145. The van der Waals surface area contributed by atoms with Crippen molar-refractivity contribution in [3.8, 4) is 0 Å². The number of aromatic amines is 1. The molecule has 0 unspecified atom stereocenters. The number of hydrogen-bond donors (Lipinski definition) is 2. The van der Waals surface area contributed by atoms with Crippen LogP contribution in [-0.2, 0) is 0 Å². The number of piperidine rings is 2. The van der Waals surface area contributed by atoms with E-state index in [4.69, 9.17) is 4.98 Å². The summed E-state index contributed by atoms with van der Waals surface area (Å²) in [6.07, 6.45) is 6.94. The zero-order valence-electron chi connectivity index (χ0n) is 14.8. The lowest BCUT2D eigenvalue weighted by Gasteiger charge is -2.34. The van der Waals surface area contributed by atoms with Gasteiger partial charge < -0.3 is 19.9 Å². The van der Waals surface area contributed by atoms with E-state index in [1.807, 2.05) is 18.3 Å². The number of nitrogens with zero attached hydrogens (tertiary/aromatic N) is 4. The fourth-order valence-electron chi connectivity index (χ4n) is 3.89. The van der Waals surface area contributed by atoms with Crippen LogP contribution in [0.1, 0.15) is 37.2 Å². The molecule has 2 saturated heterocycles. The number of rotatable bonds is 3. The summed E-state index contributed by atoms with van der Waals surface area (Å²) >= 11 is 0. The van der Waals surface area contributed by atoms with Crippen LogP contribution in [0.25, 0.3) is 0 Å². The van der Waals surface area contributed by atoms with Gasteiger partial charge in [-0.3, -0.25) is 4.79 Å². The predicted octanol–water partition coefficient (Wildman–Crippen LogP) is 1.51. The van der Waals surface area contributed by atoms with E-state index < -0.39 is 0 Å². The molecule has 4 rings (SSSR count). The van der Waals surface area contributed by atoms with Crippen molar-refractivity contribution in [1.29, 1.82) is 0 Å². The van der Waals surface area contributed by atoms with Crippen molar-refractivity contribution >= 4 is 11.8 Å². The molecule has 2 aromatic rings. The Morgan fingerprint density at radius 2 is 1.77 bits per heavy atom. The highest BCUT2D eigenvalue weighted by Gasteiger charge is 2.24. The SMILES string of the molecule is O=c1cc(C2CCN(c3nccc(N4CCC(O)CC4)n3)CC2)cc[nH]1. The summed E-state index contributed by atoms with van der Waals surface area (Å²) in [6.45, 7) is 3.45. The van der Waals surface area contributed by atoms with E-state index in [0.717, 1.165) is 69.2 Å². The quantitative estimate of drug-likeness (QED) is 0.868. The fraction of sp³-hybridized carbons (Fsp3) is 0.526. The standard InChI is InChI=1S/C19H25N5O2/c25-16-5-11-23(12-6-16)17-2-8-21-19(22-17)24-9-3-14(4-10-24)15-1-7-20-18(26)13-15/h1-2,7-8,13-14,16,25H,3-6,9-12H2,(H,20,26). The van der Waals surface area contributed by atoms with Crippen molar-refractivity contribution < 1.29 is 5.11 Å². The Morgan fingerprint density at radius 1 is 1.04 bits per heavy atom. The molecule has 0 atom stereocenters. The van der Waals surface area contributed by atoms with Crippen molar-refractivity contribution in [1.82, 2.24) is 15.0 Å². The second-order valence-corrected chi connectivity index (χ2v) is 7.18. The lowest BCUT2D eigenvalue weighted by Crippen LogP contribution is -2.37. The van der Waals surface area contributed by atoms with Crippen LogP contribution in [0.3, 0.4) is 0 Å². The number of hydrogen-bond acceptors (Lipinski definition) is 6. The first-order valence-electron chi connectivity index (χ1n) is 9.39. The zero-order valence-corrected chi connectivity index (χ0v) is 14.8. The predicted molar refractivity (Wildman–Crippen MR) is 101 cm³/mol. The van der Waals surface area contributed by atoms with Gasteiger partial charge in [-0.25, -0.2) is 4.98 Å². The van der Waals surface area contributed by atoms with Gasteiger partial charge in [0.05, 0.1) is 6.10 Å². The number of aliphatic hydroxyl groups excluding tert-OH is 1. The molecular formula is C19H25N5O2. The molecule has 2 aliphatic rings. The topological polar surface area (TPSA) is 85.3 Å². The van der Waals surface area contributed by atoms with E-state index in [9.17, 15) is 9.90 Å². The summed E-state index contributed by atoms with van der Waals surface area (Å²) in [5, 5.41) is 9.68. The van der Waals surface area contributed by atoms with Crippen molar-refractivity contribution in [2.75, 3.05) is 36.0 Å². The van der Waals surface area contributed by atoms with Crippen LogP contribution in [0.4, 0.5) is 11.8 Å². The number of aromatic nitrogens is 3. The number of H-pyrrole nitrogens is 1. The summed E-state index contributed by atoms with van der Waals surface area (Å²) in [4.78, 5) is 27.9. The molecule has 7 nitrogen and oxygen atoms in total. The summed E-state index contributed by atoms with van der Waals surface area (Å²) in [5.41, 5.74) is 1.09. The minimum absolute atomic E-state index is 0.0346. The van der Waals surface area contributed by atoms with E-state index >= 15 is 0 Å². The second-order valence-electron chi connectivity index (χ2n) is 7.18. The Labute approximate surface area is 152 Å². The highest BCUT2D eigenvalue weighted by molar-refractivity contribution is 5.44. The Morgan fingerprint density at radius 3 is 2.50 bits per heavy atom. The minimum Gasteiger partial charge on any atom is -0.393 e. The zero-order chi connectivity index (χ0) is 17.9. The monoisotopic (exact) mass is 355 g/mol. The van der Waals surface area contributed by atoms with Gasteiger partial charge in [0.25, 0.3) is 0 Å². The molecular weight excluding hydrogens is 330 g/mol. The van der Waals surface area contributed by atoms with Crippen LogP contribution in [0.5, 0.6) is 0 Å². The smallest absolute Gasteiger partial charge is 0.248 e. The molecule has 0 aromatic carbocycles. The summed E-state index contributed by atoms with van der Waals surface area (Å²) in [5.74, 6) is 2.14. The lowest BCUT2D eigenvalue weighted by atomic mass is 9.90. The van der Waals surface area contributed by atoms with Crippen LogP contribution < -0.4 is 15.4 Å². The highest BCUT2D eigenvalue weighted by atomic mass is 16.3. The third kappa shape index (κ3) is 3.72. The van der Waals surface area contributed by atoms with Gasteiger partial charge in [-0.15, -0.1) is 0 Å². The van der Waals surface area contributed by atoms with Crippen molar-refractivity contribution in [3.05, 3.63) is 46.5 Å². The number of aliphatic hydroxyl groups is 1. The van der Waals surface area contributed by atoms with Crippen molar-refractivity contribution in [2.45, 2.75) is 37.7 Å². The van der Waals surface area contributed by atoms with Gasteiger partial charge in [0.2, 0.25) is 11.5 Å². The highest BCUT2D eigenvalue weighted by Crippen LogP contribution is 2.29. The molecule has 7 heteroatoms. The second kappa shape index (κ2) is 7.45. The minimum atomic E-state index is -0.184. The molecule has 0 radical (unpaired) electrons. The van der Waals surface area contributed by atoms with Gasteiger partial charge in [-0.05, 0) is 49.3 Å².